The van der Waals surface area contributed by atoms with Crippen LogP contribution in [-0.2, 0) is 11.8 Å². The minimum atomic E-state index is 0.261. The van der Waals surface area contributed by atoms with Crippen LogP contribution in [0.25, 0.3) is 0 Å². The Morgan fingerprint density at radius 3 is 2.41 bits per heavy atom. The zero-order chi connectivity index (χ0) is 12.3. The second kappa shape index (κ2) is 5.22. The lowest BCUT2D eigenvalue weighted by Crippen LogP contribution is -2.31. The van der Waals surface area contributed by atoms with Gasteiger partial charge < -0.3 is 5.32 Å². The fourth-order valence-corrected chi connectivity index (χ4v) is 2.39. The molecule has 0 bridgehead atoms. The van der Waals surface area contributed by atoms with Gasteiger partial charge in [0.05, 0.1) is 0 Å². The molecule has 1 unspecified atom stereocenters. The summed E-state index contributed by atoms with van der Waals surface area (Å²) < 4.78 is 0. The van der Waals surface area contributed by atoms with E-state index in [1.807, 2.05) is 0 Å². The summed E-state index contributed by atoms with van der Waals surface area (Å²) in [6.45, 7) is 9.09. The van der Waals surface area contributed by atoms with Crippen molar-refractivity contribution >= 4 is 0 Å². The van der Waals surface area contributed by atoms with Crippen molar-refractivity contribution < 1.29 is 0 Å². The lowest BCUT2D eigenvalue weighted by Gasteiger charge is -2.23. The predicted octanol–water partition coefficient (Wildman–Crippen LogP) is 3.34. The lowest BCUT2D eigenvalue weighted by atomic mass is 9.85. The van der Waals surface area contributed by atoms with Gasteiger partial charge in [-0.25, -0.2) is 0 Å². The summed E-state index contributed by atoms with van der Waals surface area (Å²) in [4.78, 5) is 0. The zero-order valence-electron chi connectivity index (χ0n) is 11.3. The average molecular weight is 230 g/mol. The Bertz CT molecular complexity index is 339. The normalized spacial score (nSPS) is 21.5. The molecule has 1 radical (unpaired) electrons. The van der Waals surface area contributed by atoms with E-state index in [0.717, 1.165) is 13.1 Å². The Morgan fingerprint density at radius 1 is 1.18 bits per heavy atom. The Labute approximate surface area is 106 Å². The first-order valence-electron chi connectivity index (χ1n) is 6.69. The minimum Gasteiger partial charge on any atom is -0.316 e. The van der Waals surface area contributed by atoms with Gasteiger partial charge in [0, 0.05) is 0 Å². The predicted molar refractivity (Wildman–Crippen MR) is 74.1 cm³/mol. The van der Waals surface area contributed by atoms with Gasteiger partial charge in [-0.2, -0.15) is 0 Å². The topological polar surface area (TPSA) is 12.0 Å². The maximum atomic E-state index is 3.46. The summed E-state index contributed by atoms with van der Waals surface area (Å²) in [6.07, 6.45) is 4.86. The van der Waals surface area contributed by atoms with Crippen molar-refractivity contribution in [2.75, 3.05) is 13.1 Å². The molecule has 0 amide bonds. The van der Waals surface area contributed by atoms with Crippen LogP contribution < -0.4 is 5.32 Å². The number of benzene rings is 1. The van der Waals surface area contributed by atoms with E-state index in [1.54, 1.807) is 0 Å². The molecule has 1 N–H and O–H groups in total. The van der Waals surface area contributed by atoms with Crippen molar-refractivity contribution in [2.24, 2.45) is 5.92 Å². The van der Waals surface area contributed by atoms with Gasteiger partial charge in [0.15, 0.2) is 0 Å². The molecule has 1 aromatic carbocycles. The smallest absolute Gasteiger partial charge is 0.00146 e. The van der Waals surface area contributed by atoms with Crippen molar-refractivity contribution in [3.8, 4) is 0 Å². The Hall–Kier alpha value is -0.820. The zero-order valence-corrected chi connectivity index (χ0v) is 11.3. The summed E-state index contributed by atoms with van der Waals surface area (Å²) in [7, 11) is 0. The minimum absolute atomic E-state index is 0.261. The molecular weight excluding hydrogens is 206 g/mol. The first kappa shape index (κ1) is 12.6. The third-order valence-corrected chi connectivity index (χ3v) is 3.55. The van der Waals surface area contributed by atoms with Crippen molar-refractivity contribution in [1.29, 1.82) is 0 Å². The van der Waals surface area contributed by atoms with Crippen molar-refractivity contribution in [2.45, 2.75) is 39.0 Å². The van der Waals surface area contributed by atoms with E-state index >= 15 is 0 Å². The van der Waals surface area contributed by atoms with Crippen LogP contribution in [0.1, 0.15) is 38.3 Å². The third-order valence-electron chi connectivity index (χ3n) is 3.55. The molecule has 1 aromatic rings. The van der Waals surface area contributed by atoms with Crippen molar-refractivity contribution in [3.05, 3.63) is 41.8 Å². The monoisotopic (exact) mass is 230 g/mol. The van der Waals surface area contributed by atoms with E-state index in [4.69, 9.17) is 0 Å². The van der Waals surface area contributed by atoms with Crippen molar-refractivity contribution in [3.63, 3.8) is 0 Å². The number of rotatable bonds is 2. The number of hydrogen-bond acceptors (Lipinski definition) is 1. The van der Waals surface area contributed by atoms with E-state index in [0.29, 0.717) is 5.92 Å². The number of nitrogens with one attached hydrogen (secondary N) is 1. The largest absolute Gasteiger partial charge is 0.316 e. The highest BCUT2D eigenvalue weighted by atomic mass is 14.9. The van der Waals surface area contributed by atoms with E-state index < -0.39 is 0 Å². The van der Waals surface area contributed by atoms with Gasteiger partial charge in [0.2, 0.25) is 0 Å². The highest BCUT2D eigenvalue weighted by Gasteiger charge is 2.15. The molecule has 1 saturated heterocycles. The van der Waals surface area contributed by atoms with Crippen LogP contribution in [0.3, 0.4) is 0 Å². The molecule has 1 atom stereocenters. The van der Waals surface area contributed by atoms with Crippen LogP contribution in [-0.4, -0.2) is 13.1 Å². The van der Waals surface area contributed by atoms with Crippen LogP contribution in [0.5, 0.6) is 0 Å². The highest BCUT2D eigenvalue weighted by Crippen LogP contribution is 2.23. The molecule has 0 aromatic heterocycles. The van der Waals surface area contributed by atoms with Gasteiger partial charge in [0.25, 0.3) is 0 Å². The number of hydrogen-bond donors (Lipinski definition) is 1. The first-order valence-corrected chi connectivity index (χ1v) is 6.69. The maximum Gasteiger partial charge on any atom is -0.00146 e. The van der Waals surface area contributed by atoms with E-state index in [2.05, 4.69) is 56.8 Å². The Morgan fingerprint density at radius 2 is 1.88 bits per heavy atom. The average Bonchev–Trinajstić information content (AvgIpc) is 2.30. The van der Waals surface area contributed by atoms with E-state index in [-0.39, 0.29) is 5.41 Å². The van der Waals surface area contributed by atoms with Gasteiger partial charge in [-0.1, -0.05) is 45.0 Å². The Balaban J connectivity index is 1.98. The molecule has 1 heterocycles. The molecular formula is C16H24N. The van der Waals surface area contributed by atoms with Gasteiger partial charge in [-0.15, -0.1) is 0 Å². The Kier molecular flexibility index (Phi) is 3.88. The van der Waals surface area contributed by atoms with Crippen LogP contribution in [0.2, 0.25) is 0 Å². The van der Waals surface area contributed by atoms with E-state index in [9.17, 15) is 0 Å². The van der Waals surface area contributed by atoms with Gasteiger partial charge >= 0.3 is 0 Å². The molecule has 0 spiro atoms. The molecule has 17 heavy (non-hydrogen) atoms. The molecule has 0 aliphatic carbocycles. The molecule has 0 saturated carbocycles. The van der Waals surface area contributed by atoms with E-state index in [1.165, 1.54) is 24.0 Å². The third kappa shape index (κ3) is 3.57. The van der Waals surface area contributed by atoms with Crippen LogP contribution in [0.15, 0.2) is 24.3 Å². The molecule has 1 aliphatic heterocycles. The fraction of sp³-hybridized carbons (Fsp3) is 0.562. The summed E-state index contributed by atoms with van der Waals surface area (Å²) in [6, 6.07) is 9.16. The standard InChI is InChI=1S/C16H24N/c1-16(2,3)15-8-6-13(7-9-15)11-14-5-4-10-17-12-14/h5-9,14,17H,4,10-12H2,1-3H3. The van der Waals surface area contributed by atoms with Crippen LogP contribution in [0, 0.1) is 12.3 Å². The number of piperidine rings is 1. The summed E-state index contributed by atoms with van der Waals surface area (Å²) in [5.74, 6) is 0.712. The quantitative estimate of drug-likeness (QED) is 0.821. The molecule has 1 fully saturated rings. The summed E-state index contributed by atoms with van der Waals surface area (Å²) in [5, 5.41) is 3.46. The van der Waals surface area contributed by atoms with Gasteiger partial charge in [0.1, 0.15) is 0 Å². The highest BCUT2D eigenvalue weighted by molar-refractivity contribution is 5.28. The molecule has 93 valence electrons. The summed E-state index contributed by atoms with van der Waals surface area (Å²) >= 11 is 0. The van der Waals surface area contributed by atoms with Gasteiger partial charge in [-0.3, -0.25) is 0 Å². The SMILES string of the molecule is CC(C)(C)c1ccc(CC2[CH]CCNC2)cc1. The second-order valence-electron chi connectivity index (χ2n) is 6.14. The van der Waals surface area contributed by atoms with Crippen molar-refractivity contribution in [1.82, 2.24) is 5.32 Å². The maximum absolute atomic E-state index is 3.46. The van der Waals surface area contributed by atoms with Crippen LogP contribution in [0.4, 0.5) is 0 Å². The lowest BCUT2D eigenvalue weighted by molar-refractivity contribution is 0.462. The second-order valence-corrected chi connectivity index (χ2v) is 6.14. The summed E-state index contributed by atoms with van der Waals surface area (Å²) in [5.41, 5.74) is 3.15. The molecule has 1 nitrogen and oxygen atoms in total. The molecule has 1 heteroatoms. The molecule has 1 aliphatic rings. The fourth-order valence-electron chi connectivity index (χ4n) is 2.39. The van der Waals surface area contributed by atoms with Crippen LogP contribution >= 0.6 is 0 Å². The molecule has 2 rings (SSSR count). The van der Waals surface area contributed by atoms with Gasteiger partial charge in [-0.05, 0) is 54.8 Å². The first-order chi connectivity index (χ1) is 8.05.